The number of halogens is 1. The van der Waals surface area contributed by atoms with E-state index in [0.29, 0.717) is 24.7 Å². The van der Waals surface area contributed by atoms with E-state index in [1.807, 2.05) is 0 Å². The van der Waals surface area contributed by atoms with Gasteiger partial charge in [0.1, 0.15) is 30.8 Å². The number of rotatable bonds is 12. The van der Waals surface area contributed by atoms with Gasteiger partial charge in [-0.1, -0.05) is 12.1 Å². The maximum atomic E-state index is 13.4. The minimum absolute atomic E-state index is 0.0123. The summed E-state index contributed by atoms with van der Waals surface area (Å²) in [5.74, 6) is 0.284. The second kappa shape index (κ2) is 11.0. The van der Waals surface area contributed by atoms with Crippen molar-refractivity contribution in [2.24, 2.45) is 5.73 Å². The summed E-state index contributed by atoms with van der Waals surface area (Å²) < 4.78 is 29.3. The van der Waals surface area contributed by atoms with Crippen molar-refractivity contribution in [3.05, 3.63) is 54.3 Å². The first-order valence-electron chi connectivity index (χ1n) is 8.44. The summed E-state index contributed by atoms with van der Waals surface area (Å²) >= 11 is 0. The number of ether oxygens (including phenoxy) is 3. The van der Waals surface area contributed by atoms with Crippen LogP contribution in [-0.4, -0.2) is 50.0 Å². The molecule has 1 amide bonds. The molecule has 8 heteroatoms. The zero-order valence-electron chi connectivity index (χ0n) is 14.8. The number of nitrogens with two attached hydrogens (primary N) is 1. The van der Waals surface area contributed by atoms with Crippen molar-refractivity contribution in [1.29, 1.82) is 0 Å². The lowest BCUT2D eigenvalue weighted by molar-refractivity contribution is -0.119. The number of amides is 1. The predicted octanol–water partition coefficient (Wildman–Crippen LogP) is 1.10. The van der Waals surface area contributed by atoms with Crippen LogP contribution in [0.2, 0.25) is 0 Å². The van der Waals surface area contributed by atoms with Crippen LogP contribution in [0.1, 0.15) is 0 Å². The van der Waals surface area contributed by atoms with E-state index in [-0.39, 0.29) is 25.5 Å². The molecule has 0 heterocycles. The molecule has 0 aliphatic carbocycles. The van der Waals surface area contributed by atoms with Gasteiger partial charge in [-0.15, -0.1) is 0 Å². The highest BCUT2D eigenvalue weighted by atomic mass is 19.1. The van der Waals surface area contributed by atoms with E-state index in [1.165, 1.54) is 12.1 Å². The van der Waals surface area contributed by atoms with Crippen LogP contribution in [0.3, 0.4) is 0 Å². The van der Waals surface area contributed by atoms with E-state index < -0.39 is 17.8 Å². The van der Waals surface area contributed by atoms with Crippen molar-refractivity contribution in [2.45, 2.75) is 6.10 Å². The largest absolute Gasteiger partial charge is 0.492 e. The van der Waals surface area contributed by atoms with Crippen LogP contribution < -0.4 is 25.3 Å². The molecular formula is C19H23FN2O5. The van der Waals surface area contributed by atoms with E-state index in [1.54, 1.807) is 36.4 Å². The number of carbonyl (C=O) groups excluding carboxylic acids is 1. The molecule has 0 aliphatic heterocycles. The van der Waals surface area contributed by atoms with Crippen LogP contribution in [0, 0.1) is 5.82 Å². The Morgan fingerprint density at radius 1 is 1.07 bits per heavy atom. The number of carbonyl (C=O) groups is 1. The van der Waals surface area contributed by atoms with Crippen molar-refractivity contribution in [1.82, 2.24) is 5.32 Å². The number of benzene rings is 2. The van der Waals surface area contributed by atoms with Crippen LogP contribution in [0.25, 0.3) is 0 Å². The SMILES string of the molecule is NC(=O)COc1ccc(OCCNCC(O)COc2ccccc2F)cc1. The van der Waals surface area contributed by atoms with Gasteiger partial charge in [0, 0.05) is 13.1 Å². The maximum Gasteiger partial charge on any atom is 0.255 e. The fraction of sp³-hybridized carbons (Fsp3) is 0.316. The summed E-state index contributed by atoms with van der Waals surface area (Å²) in [5, 5.41) is 12.9. The molecule has 0 aromatic heterocycles. The smallest absolute Gasteiger partial charge is 0.255 e. The molecule has 0 saturated carbocycles. The van der Waals surface area contributed by atoms with Crippen molar-refractivity contribution in [2.75, 3.05) is 32.9 Å². The zero-order chi connectivity index (χ0) is 19.5. The maximum absolute atomic E-state index is 13.4. The number of aliphatic hydroxyl groups is 1. The Kier molecular flexibility index (Phi) is 8.34. The van der Waals surface area contributed by atoms with Gasteiger partial charge >= 0.3 is 0 Å². The fourth-order valence-corrected chi connectivity index (χ4v) is 2.10. The van der Waals surface area contributed by atoms with Crippen LogP contribution in [0.5, 0.6) is 17.2 Å². The molecule has 0 saturated heterocycles. The van der Waals surface area contributed by atoms with E-state index in [0.717, 1.165) is 0 Å². The van der Waals surface area contributed by atoms with Gasteiger partial charge in [-0.3, -0.25) is 4.79 Å². The Hall–Kier alpha value is -2.84. The average molecular weight is 378 g/mol. The first-order chi connectivity index (χ1) is 13.0. The Balaban J connectivity index is 1.57. The summed E-state index contributed by atoms with van der Waals surface area (Å²) in [5.41, 5.74) is 5.00. The Morgan fingerprint density at radius 3 is 2.41 bits per heavy atom. The third-order valence-electron chi connectivity index (χ3n) is 3.40. The van der Waals surface area contributed by atoms with Gasteiger partial charge in [-0.2, -0.15) is 0 Å². The van der Waals surface area contributed by atoms with Gasteiger partial charge in [0.2, 0.25) is 0 Å². The lowest BCUT2D eigenvalue weighted by atomic mass is 10.3. The van der Waals surface area contributed by atoms with E-state index in [9.17, 15) is 14.3 Å². The molecule has 1 unspecified atom stereocenters. The van der Waals surface area contributed by atoms with Crippen LogP contribution >= 0.6 is 0 Å². The van der Waals surface area contributed by atoms with Crippen LogP contribution in [-0.2, 0) is 4.79 Å². The Labute approximate surface area is 156 Å². The molecule has 0 spiro atoms. The molecule has 0 fully saturated rings. The lowest BCUT2D eigenvalue weighted by Gasteiger charge is -2.14. The third kappa shape index (κ3) is 7.93. The Bertz CT molecular complexity index is 712. The number of nitrogens with one attached hydrogen (secondary N) is 1. The molecule has 2 aromatic carbocycles. The summed E-state index contributed by atoms with van der Waals surface area (Å²) in [7, 11) is 0. The van der Waals surface area contributed by atoms with Gasteiger partial charge < -0.3 is 30.4 Å². The highest BCUT2D eigenvalue weighted by molar-refractivity contribution is 5.75. The van der Waals surface area contributed by atoms with E-state index in [4.69, 9.17) is 19.9 Å². The predicted molar refractivity (Wildman–Crippen MR) is 97.4 cm³/mol. The highest BCUT2D eigenvalue weighted by Crippen LogP contribution is 2.17. The van der Waals surface area contributed by atoms with Crippen molar-refractivity contribution in [3.63, 3.8) is 0 Å². The summed E-state index contributed by atoms with van der Waals surface area (Å²) in [4.78, 5) is 10.6. The van der Waals surface area contributed by atoms with Gasteiger partial charge in [0.05, 0.1) is 0 Å². The van der Waals surface area contributed by atoms with E-state index in [2.05, 4.69) is 5.32 Å². The van der Waals surface area contributed by atoms with Crippen molar-refractivity contribution >= 4 is 5.91 Å². The van der Waals surface area contributed by atoms with Gasteiger partial charge in [0.25, 0.3) is 5.91 Å². The lowest BCUT2D eigenvalue weighted by Crippen LogP contribution is -2.33. The van der Waals surface area contributed by atoms with Gasteiger partial charge in [-0.05, 0) is 36.4 Å². The van der Waals surface area contributed by atoms with Crippen LogP contribution in [0.4, 0.5) is 4.39 Å². The molecular weight excluding hydrogens is 355 g/mol. The molecule has 4 N–H and O–H groups in total. The summed E-state index contributed by atoms with van der Waals surface area (Å²) in [6.45, 7) is 1.01. The molecule has 0 radical (unpaired) electrons. The number of aliphatic hydroxyl groups excluding tert-OH is 1. The quantitative estimate of drug-likeness (QED) is 0.478. The average Bonchev–Trinajstić information content (AvgIpc) is 2.66. The number of para-hydroxylation sites is 1. The van der Waals surface area contributed by atoms with E-state index >= 15 is 0 Å². The molecule has 0 aliphatic rings. The first kappa shape index (κ1) is 20.5. The van der Waals surface area contributed by atoms with Crippen LogP contribution in [0.15, 0.2) is 48.5 Å². The molecule has 1 atom stereocenters. The van der Waals surface area contributed by atoms with Gasteiger partial charge in [0.15, 0.2) is 18.2 Å². The van der Waals surface area contributed by atoms with Gasteiger partial charge in [-0.25, -0.2) is 4.39 Å². The summed E-state index contributed by atoms with van der Waals surface area (Å²) in [6, 6.07) is 12.8. The zero-order valence-corrected chi connectivity index (χ0v) is 14.8. The molecule has 2 aromatic rings. The highest BCUT2D eigenvalue weighted by Gasteiger charge is 2.07. The second-order valence-electron chi connectivity index (χ2n) is 5.67. The normalized spacial score (nSPS) is 11.6. The molecule has 146 valence electrons. The first-order valence-corrected chi connectivity index (χ1v) is 8.44. The Morgan fingerprint density at radius 2 is 1.74 bits per heavy atom. The minimum atomic E-state index is -0.772. The topological polar surface area (TPSA) is 103 Å². The minimum Gasteiger partial charge on any atom is -0.492 e. The van der Waals surface area contributed by atoms with Crippen molar-refractivity contribution < 1.29 is 28.5 Å². The third-order valence-corrected chi connectivity index (χ3v) is 3.40. The molecule has 2 rings (SSSR count). The summed E-state index contributed by atoms with van der Waals surface area (Å²) in [6.07, 6.45) is -0.772. The molecule has 27 heavy (non-hydrogen) atoms. The monoisotopic (exact) mass is 378 g/mol. The second-order valence-corrected chi connectivity index (χ2v) is 5.67. The number of hydrogen-bond donors (Lipinski definition) is 3. The fourth-order valence-electron chi connectivity index (χ4n) is 2.10. The number of hydrogen-bond acceptors (Lipinski definition) is 6. The standard InChI is InChI=1S/C19H23FN2O5/c20-17-3-1-2-4-18(17)27-12-14(23)11-22-9-10-25-15-5-7-16(8-6-15)26-13-19(21)24/h1-8,14,22-23H,9-13H2,(H2,21,24). The van der Waals surface area contributed by atoms with Crippen molar-refractivity contribution in [3.8, 4) is 17.2 Å². The molecule has 7 nitrogen and oxygen atoms in total. The number of primary amides is 1. The molecule has 0 bridgehead atoms.